The van der Waals surface area contributed by atoms with E-state index in [1.807, 2.05) is 0 Å². The first-order valence-corrected chi connectivity index (χ1v) is 5.91. The molecule has 1 spiro atoms. The van der Waals surface area contributed by atoms with E-state index in [9.17, 15) is 4.79 Å². The van der Waals surface area contributed by atoms with E-state index in [0.29, 0.717) is 12.3 Å². The van der Waals surface area contributed by atoms with E-state index in [1.165, 1.54) is 25.7 Å². The van der Waals surface area contributed by atoms with Crippen LogP contribution >= 0.6 is 0 Å². The standard InChI is InChI=1S/C12H17NO2/c1-15-13-11-10(14)4-5-12(11)7-8-2-3-9(12)6-8/h8-9H,2-7H2,1H3. The van der Waals surface area contributed by atoms with Gasteiger partial charge in [-0.3, -0.25) is 4.79 Å². The van der Waals surface area contributed by atoms with E-state index in [-0.39, 0.29) is 11.2 Å². The molecule has 3 nitrogen and oxygen atoms in total. The number of Topliss-reactive ketones (excluding diaryl/α,β-unsaturated/α-hetero) is 1. The minimum atomic E-state index is 0.121. The zero-order valence-corrected chi connectivity index (χ0v) is 9.16. The Morgan fingerprint density at radius 1 is 1.47 bits per heavy atom. The molecule has 3 rings (SSSR count). The summed E-state index contributed by atoms with van der Waals surface area (Å²) in [5.41, 5.74) is 0.882. The first kappa shape index (κ1) is 9.37. The van der Waals surface area contributed by atoms with E-state index in [4.69, 9.17) is 4.84 Å². The zero-order chi connectivity index (χ0) is 10.5. The average Bonchev–Trinajstić information content (AvgIpc) is 2.88. The Balaban J connectivity index is 1.98. The summed E-state index contributed by atoms with van der Waals surface area (Å²) in [5, 5.41) is 4.03. The number of carbonyl (C=O) groups is 1. The van der Waals surface area contributed by atoms with Crippen molar-refractivity contribution >= 4 is 11.5 Å². The lowest BCUT2D eigenvalue weighted by Crippen LogP contribution is -2.34. The average molecular weight is 207 g/mol. The summed E-state index contributed by atoms with van der Waals surface area (Å²) in [6, 6.07) is 0. The Morgan fingerprint density at radius 3 is 2.93 bits per heavy atom. The van der Waals surface area contributed by atoms with Crippen molar-refractivity contribution in [3.63, 3.8) is 0 Å². The minimum absolute atomic E-state index is 0.121. The Bertz CT molecular complexity index is 337. The highest BCUT2D eigenvalue weighted by Gasteiger charge is 2.58. The molecular weight excluding hydrogens is 190 g/mol. The number of oxime groups is 1. The predicted molar refractivity (Wildman–Crippen MR) is 56.6 cm³/mol. The predicted octanol–water partition coefficient (Wildman–Crippen LogP) is 2.16. The first-order chi connectivity index (χ1) is 7.26. The SMILES string of the molecule is CON=C1C(=O)CCC12CC1CCC2C1. The van der Waals surface area contributed by atoms with Gasteiger partial charge in [0.15, 0.2) is 5.78 Å². The Kier molecular flexibility index (Phi) is 1.91. The molecule has 3 aliphatic carbocycles. The molecular formula is C12H17NO2. The van der Waals surface area contributed by atoms with Crippen molar-refractivity contribution < 1.29 is 9.63 Å². The molecule has 3 heteroatoms. The van der Waals surface area contributed by atoms with Crippen LogP contribution in [0.1, 0.15) is 38.5 Å². The summed E-state index contributed by atoms with van der Waals surface area (Å²) in [7, 11) is 1.54. The lowest BCUT2D eigenvalue weighted by atomic mass is 9.71. The number of nitrogens with zero attached hydrogens (tertiary/aromatic N) is 1. The van der Waals surface area contributed by atoms with Gasteiger partial charge < -0.3 is 4.84 Å². The molecule has 0 saturated heterocycles. The van der Waals surface area contributed by atoms with Crippen molar-refractivity contribution in [3.8, 4) is 0 Å². The number of hydrogen-bond acceptors (Lipinski definition) is 3. The maximum atomic E-state index is 11.8. The highest BCUT2D eigenvalue weighted by molar-refractivity contribution is 6.43. The van der Waals surface area contributed by atoms with Gasteiger partial charge in [-0.1, -0.05) is 11.6 Å². The van der Waals surface area contributed by atoms with Crippen LogP contribution in [-0.4, -0.2) is 18.6 Å². The van der Waals surface area contributed by atoms with Crippen LogP contribution in [0, 0.1) is 17.3 Å². The quantitative estimate of drug-likeness (QED) is 0.618. The molecule has 0 N–H and O–H groups in total. The van der Waals surface area contributed by atoms with Crippen LogP contribution in [0.25, 0.3) is 0 Å². The smallest absolute Gasteiger partial charge is 0.181 e. The summed E-state index contributed by atoms with van der Waals surface area (Å²) in [4.78, 5) is 16.6. The Morgan fingerprint density at radius 2 is 2.33 bits per heavy atom. The van der Waals surface area contributed by atoms with Crippen LogP contribution in [0.2, 0.25) is 0 Å². The lowest BCUT2D eigenvalue weighted by molar-refractivity contribution is -0.112. The largest absolute Gasteiger partial charge is 0.399 e. The maximum absolute atomic E-state index is 11.8. The Hall–Kier alpha value is -0.860. The summed E-state index contributed by atoms with van der Waals surface area (Å²) in [5.74, 6) is 1.79. The zero-order valence-electron chi connectivity index (χ0n) is 9.16. The van der Waals surface area contributed by atoms with E-state index in [1.54, 1.807) is 7.11 Å². The molecule has 15 heavy (non-hydrogen) atoms. The fourth-order valence-electron chi connectivity index (χ4n) is 4.12. The normalized spacial score (nSPS) is 45.9. The molecule has 3 aliphatic rings. The highest BCUT2D eigenvalue weighted by Crippen LogP contribution is 2.60. The molecule has 0 aromatic rings. The van der Waals surface area contributed by atoms with Crippen LogP contribution in [0.4, 0.5) is 0 Å². The van der Waals surface area contributed by atoms with Gasteiger partial charge in [0.2, 0.25) is 0 Å². The molecule has 0 radical (unpaired) electrons. The van der Waals surface area contributed by atoms with Gasteiger partial charge in [-0.25, -0.2) is 0 Å². The van der Waals surface area contributed by atoms with Crippen LogP contribution in [0.5, 0.6) is 0 Å². The van der Waals surface area contributed by atoms with Crippen LogP contribution in [0.3, 0.4) is 0 Å². The molecule has 0 aliphatic heterocycles. The topological polar surface area (TPSA) is 38.7 Å². The molecule has 0 amide bonds. The number of hydrogen-bond donors (Lipinski definition) is 0. The van der Waals surface area contributed by atoms with Crippen LogP contribution in [0.15, 0.2) is 5.16 Å². The first-order valence-electron chi connectivity index (χ1n) is 5.91. The van der Waals surface area contributed by atoms with Gasteiger partial charge in [0.25, 0.3) is 0 Å². The van der Waals surface area contributed by atoms with Gasteiger partial charge in [0.1, 0.15) is 12.8 Å². The van der Waals surface area contributed by atoms with Crippen molar-refractivity contribution in [2.75, 3.05) is 7.11 Å². The molecule has 82 valence electrons. The monoisotopic (exact) mass is 207 g/mol. The van der Waals surface area contributed by atoms with E-state index in [2.05, 4.69) is 5.16 Å². The number of rotatable bonds is 1. The van der Waals surface area contributed by atoms with E-state index >= 15 is 0 Å². The van der Waals surface area contributed by atoms with E-state index in [0.717, 1.165) is 18.1 Å². The van der Waals surface area contributed by atoms with Gasteiger partial charge >= 0.3 is 0 Å². The van der Waals surface area contributed by atoms with Crippen LogP contribution in [-0.2, 0) is 9.63 Å². The molecule has 3 unspecified atom stereocenters. The summed E-state index contributed by atoms with van der Waals surface area (Å²) in [6.45, 7) is 0. The lowest BCUT2D eigenvalue weighted by Gasteiger charge is -2.32. The summed E-state index contributed by atoms with van der Waals surface area (Å²) >= 11 is 0. The van der Waals surface area contributed by atoms with E-state index < -0.39 is 0 Å². The van der Waals surface area contributed by atoms with Crippen molar-refractivity contribution in [1.29, 1.82) is 0 Å². The molecule has 2 bridgehead atoms. The second-order valence-electron chi connectivity index (χ2n) is 5.28. The fraction of sp³-hybridized carbons (Fsp3) is 0.833. The Labute approximate surface area is 89.9 Å². The second kappa shape index (κ2) is 3.06. The van der Waals surface area contributed by atoms with Gasteiger partial charge in [-0.15, -0.1) is 0 Å². The van der Waals surface area contributed by atoms with Crippen LogP contribution < -0.4 is 0 Å². The molecule has 0 aromatic carbocycles. The molecule has 3 atom stereocenters. The summed E-state index contributed by atoms with van der Waals surface area (Å²) < 4.78 is 0. The summed E-state index contributed by atoms with van der Waals surface area (Å²) in [6.07, 6.45) is 6.86. The van der Waals surface area contributed by atoms with Crippen molar-refractivity contribution in [1.82, 2.24) is 0 Å². The maximum Gasteiger partial charge on any atom is 0.181 e. The third kappa shape index (κ3) is 1.12. The molecule has 0 aromatic heterocycles. The second-order valence-corrected chi connectivity index (χ2v) is 5.28. The third-order valence-electron chi connectivity index (χ3n) is 4.69. The highest BCUT2D eigenvalue weighted by atomic mass is 16.6. The minimum Gasteiger partial charge on any atom is -0.399 e. The fourth-order valence-corrected chi connectivity index (χ4v) is 4.12. The van der Waals surface area contributed by atoms with Crippen molar-refractivity contribution in [2.24, 2.45) is 22.4 Å². The molecule has 3 fully saturated rings. The third-order valence-corrected chi connectivity index (χ3v) is 4.69. The molecule has 0 heterocycles. The van der Waals surface area contributed by atoms with Crippen molar-refractivity contribution in [2.45, 2.75) is 38.5 Å². The number of ketones is 1. The van der Waals surface area contributed by atoms with Gasteiger partial charge in [-0.2, -0.15) is 0 Å². The van der Waals surface area contributed by atoms with Gasteiger partial charge in [0, 0.05) is 11.8 Å². The van der Waals surface area contributed by atoms with Gasteiger partial charge in [-0.05, 0) is 37.5 Å². The van der Waals surface area contributed by atoms with Crippen molar-refractivity contribution in [3.05, 3.63) is 0 Å². The number of fused-ring (bicyclic) bond motifs is 3. The number of carbonyl (C=O) groups excluding carboxylic acids is 1. The van der Waals surface area contributed by atoms with Gasteiger partial charge in [0.05, 0.1) is 0 Å². The molecule has 3 saturated carbocycles.